The van der Waals surface area contributed by atoms with E-state index in [0.29, 0.717) is 21.5 Å². The number of benzene rings is 2. The largest absolute Gasteiger partial charge is 0.483 e. The summed E-state index contributed by atoms with van der Waals surface area (Å²) < 4.78 is 5.82. The number of halogens is 1. The molecule has 0 radical (unpaired) electrons. The molecule has 0 saturated heterocycles. The summed E-state index contributed by atoms with van der Waals surface area (Å²) in [5.74, 6) is -0.638. The van der Waals surface area contributed by atoms with Gasteiger partial charge >= 0.3 is 0 Å². The Bertz CT molecular complexity index is 961. The van der Waals surface area contributed by atoms with E-state index < -0.39 is 11.8 Å². The molecule has 0 saturated carbocycles. The lowest BCUT2D eigenvalue weighted by atomic mass is 10.1. The Kier molecular flexibility index (Phi) is 6.74. The summed E-state index contributed by atoms with van der Waals surface area (Å²) >= 11 is 3.33. The lowest BCUT2D eigenvalue weighted by Gasteiger charge is -2.10. The predicted octanol–water partition coefficient (Wildman–Crippen LogP) is 3.48. The molecule has 0 aliphatic carbocycles. The van der Waals surface area contributed by atoms with Crippen LogP contribution >= 0.6 is 15.9 Å². The van der Waals surface area contributed by atoms with Gasteiger partial charge in [-0.2, -0.15) is 5.26 Å². The topological polar surface area (TPSA) is 105 Å². The average molecular weight is 428 g/mol. The van der Waals surface area contributed by atoms with Gasteiger partial charge in [-0.05, 0) is 70.7 Å². The summed E-state index contributed by atoms with van der Waals surface area (Å²) in [6.07, 6.45) is 1.48. The van der Waals surface area contributed by atoms with Gasteiger partial charge < -0.3 is 15.8 Å². The van der Waals surface area contributed by atoms with Crippen LogP contribution in [0.4, 0.5) is 5.69 Å². The van der Waals surface area contributed by atoms with Crippen molar-refractivity contribution >= 4 is 39.5 Å². The quantitative estimate of drug-likeness (QED) is 0.543. The molecule has 6 nitrogen and oxygen atoms in total. The molecular weight excluding hydrogens is 410 g/mol. The van der Waals surface area contributed by atoms with E-state index in [0.717, 1.165) is 11.1 Å². The Morgan fingerprint density at radius 3 is 2.67 bits per heavy atom. The van der Waals surface area contributed by atoms with Crippen molar-refractivity contribution in [2.45, 2.75) is 13.8 Å². The zero-order chi connectivity index (χ0) is 20.0. The third kappa shape index (κ3) is 5.43. The van der Waals surface area contributed by atoms with Crippen LogP contribution in [0.1, 0.15) is 16.7 Å². The summed E-state index contributed by atoms with van der Waals surface area (Å²) in [5, 5.41) is 12.1. The van der Waals surface area contributed by atoms with Gasteiger partial charge in [0.2, 0.25) is 0 Å². The number of anilines is 1. The zero-order valence-corrected chi connectivity index (χ0v) is 16.5. The van der Waals surface area contributed by atoms with Crippen LogP contribution in [0, 0.1) is 25.2 Å². The number of hydrogen-bond acceptors (Lipinski definition) is 4. The van der Waals surface area contributed by atoms with Crippen molar-refractivity contribution in [3.63, 3.8) is 0 Å². The first-order valence-corrected chi connectivity index (χ1v) is 8.81. The number of ether oxygens (including phenoxy) is 1. The molecule has 0 fully saturated rings. The number of nitrogens with zero attached hydrogens (tertiary/aromatic N) is 1. The first-order chi connectivity index (χ1) is 12.8. The van der Waals surface area contributed by atoms with Crippen LogP contribution in [0.2, 0.25) is 0 Å². The van der Waals surface area contributed by atoms with Crippen LogP contribution in [0.3, 0.4) is 0 Å². The number of primary amides is 1. The van der Waals surface area contributed by atoms with E-state index in [4.69, 9.17) is 10.5 Å². The molecule has 2 aromatic carbocycles. The number of carbonyl (C=O) groups is 2. The highest BCUT2D eigenvalue weighted by Crippen LogP contribution is 2.27. The van der Waals surface area contributed by atoms with E-state index in [9.17, 15) is 14.9 Å². The van der Waals surface area contributed by atoms with Crippen molar-refractivity contribution in [3.8, 4) is 11.8 Å². The Morgan fingerprint density at radius 2 is 2.04 bits per heavy atom. The average Bonchev–Trinajstić information content (AvgIpc) is 2.62. The smallest absolute Gasteiger partial charge is 0.266 e. The number of aryl methyl sites for hydroxylation is 1. The maximum absolute atomic E-state index is 12.5. The first-order valence-electron chi connectivity index (χ1n) is 8.02. The molecule has 2 amide bonds. The molecule has 0 unspecified atom stereocenters. The van der Waals surface area contributed by atoms with Crippen molar-refractivity contribution in [2.75, 3.05) is 11.9 Å². The third-order valence-electron chi connectivity index (χ3n) is 3.85. The number of nitrogens with one attached hydrogen (secondary N) is 1. The van der Waals surface area contributed by atoms with Crippen molar-refractivity contribution in [1.29, 1.82) is 5.26 Å². The second-order valence-electron chi connectivity index (χ2n) is 5.82. The number of hydrogen-bond donors (Lipinski definition) is 2. The van der Waals surface area contributed by atoms with Crippen molar-refractivity contribution in [2.24, 2.45) is 5.73 Å². The van der Waals surface area contributed by atoms with Crippen molar-refractivity contribution in [3.05, 3.63) is 63.1 Å². The highest BCUT2D eigenvalue weighted by atomic mass is 79.9. The lowest BCUT2D eigenvalue weighted by Crippen LogP contribution is -2.20. The zero-order valence-electron chi connectivity index (χ0n) is 14.9. The molecule has 0 heterocycles. The molecule has 2 aromatic rings. The molecule has 0 aliphatic heterocycles. The summed E-state index contributed by atoms with van der Waals surface area (Å²) in [7, 11) is 0. The van der Waals surface area contributed by atoms with Gasteiger partial charge in [0.05, 0.1) is 4.47 Å². The van der Waals surface area contributed by atoms with Crippen LogP contribution in [0.5, 0.6) is 5.75 Å². The molecule has 0 atom stereocenters. The van der Waals surface area contributed by atoms with Gasteiger partial charge in [-0.3, -0.25) is 9.59 Å². The van der Waals surface area contributed by atoms with E-state index in [-0.39, 0.29) is 12.2 Å². The van der Waals surface area contributed by atoms with Gasteiger partial charge in [-0.25, -0.2) is 0 Å². The highest BCUT2D eigenvalue weighted by Gasteiger charge is 2.12. The van der Waals surface area contributed by atoms with E-state index in [1.54, 1.807) is 24.3 Å². The molecule has 138 valence electrons. The predicted molar refractivity (Wildman–Crippen MR) is 107 cm³/mol. The second kappa shape index (κ2) is 9.01. The Balaban J connectivity index is 2.21. The number of amides is 2. The molecular formula is C20H18BrN3O3. The third-order valence-corrected chi connectivity index (χ3v) is 4.47. The fraction of sp³-hybridized carbons (Fsp3) is 0.150. The van der Waals surface area contributed by atoms with Gasteiger partial charge in [0.15, 0.2) is 6.61 Å². The normalized spacial score (nSPS) is 10.8. The summed E-state index contributed by atoms with van der Waals surface area (Å²) in [4.78, 5) is 23.2. The highest BCUT2D eigenvalue weighted by molar-refractivity contribution is 9.10. The van der Waals surface area contributed by atoms with Gasteiger partial charge in [0.1, 0.15) is 17.4 Å². The number of nitriles is 1. The van der Waals surface area contributed by atoms with E-state index in [1.807, 2.05) is 32.0 Å². The Morgan fingerprint density at radius 1 is 1.30 bits per heavy atom. The Hall–Kier alpha value is -3.11. The maximum atomic E-state index is 12.5. The van der Waals surface area contributed by atoms with Gasteiger partial charge in [-0.1, -0.05) is 18.2 Å². The standard InChI is InChI=1S/C20H18BrN3O3/c1-12-4-3-5-17(13(12)2)24-20(26)15(10-22)8-14-6-7-18(16(21)9-14)27-11-19(23)25/h3-9H,11H2,1-2H3,(H2,23,25)(H,24,26)/b15-8+. The lowest BCUT2D eigenvalue weighted by molar-refractivity contribution is -0.120. The minimum atomic E-state index is -0.583. The monoisotopic (exact) mass is 427 g/mol. The molecule has 3 N–H and O–H groups in total. The van der Waals surface area contributed by atoms with Crippen LogP contribution in [-0.4, -0.2) is 18.4 Å². The van der Waals surface area contributed by atoms with Gasteiger partial charge in [-0.15, -0.1) is 0 Å². The molecule has 27 heavy (non-hydrogen) atoms. The molecule has 0 aromatic heterocycles. The minimum Gasteiger partial charge on any atom is -0.483 e. The van der Waals surface area contributed by atoms with Crippen LogP contribution in [-0.2, 0) is 9.59 Å². The number of rotatable bonds is 6. The minimum absolute atomic E-state index is 0.0337. The van der Waals surface area contributed by atoms with Crippen LogP contribution in [0.15, 0.2) is 46.4 Å². The summed E-state index contributed by atoms with van der Waals surface area (Å²) in [6, 6.07) is 12.5. The van der Waals surface area contributed by atoms with Crippen molar-refractivity contribution < 1.29 is 14.3 Å². The summed E-state index contributed by atoms with van der Waals surface area (Å²) in [5.41, 5.74) is 8.30. The van der Waals surface area contributed by atoms with Crippen molar-refractivity contribution in [1.82, 2.24) is 0 Å². The van der Waals surface area contributed by atoms with E-state index in [2.05, 4.69) is 21.2 Å². The number of carbonyl (C=O) groups excluding carboxylic acids is 2. The fourth-order valence-electron chi connectivity index (χ4n) is 2.26. The molecule has 0 aliphatic rings. The van der Waals surface area contributed by atoms with E-state index >= 15 is 0 Å². The maximum Gasteiger partial charge on any atom is 0.266 e. The molecule has 0 spiro atoms. The van der Waals surface area contributed by atoms with Crippen LogP contribution < -0.4 is 15.8 Å². The van der Waals surface area contributed by atoms with Gasteiger partial charge in [0.25, 0.3) is 11.8 Å². The fourth-order valence-corrected chi connectivity index (χ4v) is 2.78. The van der Waals surface area contributed by atoms with Crippen LogP contribution in [0.25, 0.3) is 6.08 Å². The molecule has 2 rings (SSSR count). The second-order valence-corrected chi connectivity index (χ2v) is 6.67. The Labute approximate surface area is 165 Å². The van der Waals surface area contributed by atoms with E-state index in [1.165, 1.54) is 6.08 Å². The molecule has 0 bridgehead atoms. The summed E-state index contributed by atoms with van der Waals surface area (Å²) in [6.45, 7) is 3.61. The number of nitrogens with two attached hydrogens (primary N) is 1. The SMILES string of the molecule is Cc1cccc(NC(=O)/C(C#N)=C/c2ccc(OCC(N)=O)c(Br)c2)c1C. The molecule has 7 heteroatoms. The van der Waals surface area contributed by atoms with Gasteiger partial charge in [0, 0.05) is 5.69 Å². The first kappa shape index (κ1) is 20.2.